The van der Waals surface area contributed by atoms with E-state index in [2.05, 4.69) is 4.74 Å². The molecule has 2 N–H and O–H groups in total. The van der Waals surface area contributed by atoms with Gasteiger partial charge in [-0.05, 0) is 6.42 Å². The van der Waals surface area contributed by atoms with E-state index in [1.54, 1.807) is 0 Å². The average molecular weight is 190 g/mol. The number of esters is 1. The van der Waals surface area contributed by atoms with Crippen LogP contribution >= 0.6 is 0 Å². The van der Waals surface area contributed by atoms with Gasteiger partial charge in [0.05, 0.1) is 25.6 Å². The summed E-state index contributed by atoms with van der Waals surface area (Å²) < 4.78 is 4.65. The van der Waals surface area contributed by atoms with Crippen LogP contribution in [0.4, 0.5) is 0 Å². The lowest BCUT2D eigenvalue weighted by Gasteiger charge is -2.06. The molecule has 0 saturated heterocycles. The van der Waals surface area contributed by atoms with Gasteiger partial charge in [0.25, 0.3) is 0 Å². The lowest BCUT2D eigenvalue weighted by atomic mass is 10.2. The molecule has 5 nitrogen and oxygen atoms in total. The molecule has 0 aliphatic heterocycles. The maximum absolute atomic E-state index is 10.8. The number of carbonyl (C=O) groups is 2. The third-order valence-corrected chi connectivity index (χ3v) is 1.28. The highest BCUT2D eigenvalue weighted by Gasteiger charge is 2.14. The van der Waals surface area contributed by atoms with Gasteiger partial charge < -0.3 is 14.9 Å². The summed E-state index contributed by atoms with van der Waals surface area (Å²) in [6.07, 6.45) is -1.13. The van der Waals surface area contributed by atoms with Gasteiger partial charge in [0.15, 0.2) is 0 Å². The van der Waals surface area contributed by atoms with Gasteiger partial charge in [0, 0.05) is 0 Å². The van der Waals surface area contributed by atoms with E-state index in [9.17, 15) is 9.59 Å². The van der Waals surface area contributed by atoms with Crippen LogP contribution in [0.25, 0.3) is 0 Å². The number of aliphatic hydroxyl groups is 1. The van der Waals surface area contributed by atoms with Gasteiger partial charge in [-0.3, -0.25) is 9.59 Å². The third kappa shape index (κ3) is 7.27. The van der Waals surface area contributed by atoms with E-state index < -0.39 is 24.5 Å². The Morgan fingerprint density at radius 2 is 2.00 bits per heavy atom. The Bertz CT molecular complexity index is 177. The number of ether oxygens (including phenoxy) is 1. The molecule has 0 aromatic heterocycles. The molecule has 0 radical (unpaired) electrons. The largest absolute Gasteiger partial charge is 0.481 e. The Kier molecular flexibility index (Phi) is 5.88. The quantitative estimate of drug-likeness (QED) is 0.583. The van der Waals surface area contributed by atoms with Gasteiger partial charge in [-0.1, -0.05) is 6.92 Å². The summed E-state index contributed by atoms with van der Waals surface area (Å²) in [4.78, 5) is 20.9. The topological polar surface area (TPSA) is 83.8 Å². The third-order valence-electron chi connectivity index (χ3n) is 1.28. The molecule has 0 bridgehead atoms. The minimum absolute atomic E-state index is 0.258. The second-order valence-corrected chi connectivity index (χ2v) is 2.68. The summed E-state index contributed by atoms with van der Waals surface area (Å²) in [5.41, 5.74) is 0. The van der Waals surface area contributed by atoms with Crippen LogP contribution in [0.3, 0.4) is 0 Å². The molecule has 0 aliphatic rings. The number of rotatable bonds is 6. The Balaban J connectivity index is 3.59. The zero-order chi connectivity index (χ0) is 10.3. The average Bonchev–Trinajstić information content (AvgIpc) is 1.98. The fourth-order valence-corrected chi connectivity index (χ4v) is 0.741. The fraction of sp³-hybridized carbons (Fsp3) is 0.750. The van der Waals surface area contributed by atoms with Crippen LogP contribution in [0, 0.1) is 0 Å². The second kappa shape index (κ2) is 6.42. The van der Waals surface area contributed by atoms with Gasteiger partial charge in [-0.25, -0.2) is 0 Å². The minimum atomic E-state index is -1.15. The Hall–Kier alpha value is -1.10. The number of aliphatic hydroxyl groups excluding tert-OH is 1. The van der Waals surface area contributed by atoms with E-state index >= 15 is 0 Å². The first kappa shape index (κ1) is 11.9. The predicted octanol–water partition coefficient (Wildman–Crippen LogP) is 0.165. The summed E-state index contributed by atoms with van der Waals surface area (Å²) in [6.45, 7) is 2.15. The van der Waals surface area contributed by atoms with Crippen molar-refractivity contribution in [3.63, 3.8) is 0 Å². The normalized spacial score (nSPS) is 12.2. The molecule has 0 aromatic rings. The molecule has 0 rings (SSSR count). The van der Waals surface area contributed by atoms with Crippen molar-refractivity contribution in [2.75, 3.05) is 6.61 Å². The van der Waals surface area contributed by atoms with Gasteiger partial charge >= 0.3 is 11.9 Å². The highest BCUT2D eigenvalue weighted by atomic mass is 16.5. The first-order valence-electron chi connectivity index (χ1n) is 4.11. The van der Waals surface area contributed by atoms with Crippen LogP contribution < -0.4 is 0 Å². The fourth-order valence-electron chi connectivity index (χ4n) is 0.741. The number of carboxylic acid groups (broad SMARTS) is 1. The number of carboxylic acids is 1. The minimum Gasteiger partial charge on any atom is -0.481 e. The van der Waals surface area contributed by atoms with E-state index in [-0.39, 0.29) is 6.42 Å². The van der Waals surface area contributed by atoms with Crippen LogP contribution in [-0.4, -0.2) is 34.9 Å². The highest BCUT2D eigenvalue weighted by Crippen LogP contribution is 2.00. The molecular weight excluding hydrogens is 176 g/mol. The standard InChI is InChI=1S/C8H14O5/c1-2-3-13-8(12)5-6(9)4-7(10)11/h6,9H,2-5H2,1H3,(H,10,11). The van der Waals surface area contributed by atoms with Crippen molar-refractivity contribution >= 4 is 11.9 Å². The highest BCUT2D eigenvalue weighted by molar-refractivity contribution is 5.72. The monoisotopic (exact) mass is 190 g/mol. The zero-order valence-corrected chi connectivity index (χ0v) is 7.52. The maximum atomic E-state index is 10.8. The van der Waals surface area contributed by atoms with Crippen LogP contribution in [0.15, 0.2) is 0 Å². The van der Waals surface area contributed by atoms with Crippen molar-refractivity contribution in [3.05, 3.63) is 0 Å². The number of hydrogen-bond donors (Lipinski definition) is 2. The molecule has 1 atom stereocenters. The zero-order valence-electron chi connectivity index (χ0n) is 7.52. The van der Waals surface area contributed by atoms with Gasteiger partial charge in [0.2, 0.25) is 0 Å². The molecule has 5 heteroatoms. The number of aliphatic carboxylic acids is 1. The summed E-state index contributed by atoms with van der Waals surface area (Å²) in [6, 6.07) is 0. The number of carbonyl (C=O) groups excluding carboxylic acids is 1. The molecule has 0 aromatic carbocycles. The van der Waals surface area contributed by atoms with Crippen molar-refractivity contribution in [1.29, 1.82) is 0 Å². The second-order valence-electron chi connectivity index (χ2n) is 2.68. The molecule has 0 aliphatic carbocycles. The molecule has 0 amide bonds. The molecule has 13 heavy (non-hydrogen) atoms. The van der Waals surface area contributed by atoms with Gasteiger partial charge in [0.1, 0.15) is 0 Å². The molecule has 1 unspecified atom stereocenters. The molecule has 0 heterocycles. The van der Waals surface area contributed by atoms with Gasteiger partial charge in [-0.2, -0.15) is 0 Å². The van der Waals surface area contributed by atoms with Crippen molar-refractivity contribution < 1.29 is 24.5 Å². The molecule has 0 fully saturated rings. The van der Waals surface area contributed by atoms with Crippen molar-refractivity contribution in [2.24, 2.45) is 0 Å². The first-order chi connectivity index (χ1) is 6.06. The molecular formula is C8H14O5. The lowest BCUT2D eigenvalue weighted by Crippen LogP contribution is -2.19. The van der Waals surface area contributed by atoms with E-state index in [0.29, 0.717) is 13.0 Å². The lowest BCUT2D eigenvalue weighted by molar-refractivity contribution is -0.147. The summed E-state index contributed by atoms with van der Waals surface area (Å²) in [7, 11) is 0. The maximum Gasteiger partial charge on any atom is 0.308 e. The van der Waals surface area contributed by atoms with Crippen LogP contribution in [-0.2, 0) is 14.3 Å². The van der Waals surface area contributed by atoms with E-state index in [0.717, 1.165) is 0 Å². The Labute approximate surface area is 76.3 Å². The van der Waals surface area contributed by atoms with Crippen LogP contribution in [0.2, 0.25) is 0 Å². The van der Waals surface area contributed by atoms with Crippen molar-refractivity contribution in [2.45, 2.75) is 32.3 Å². The Morgan fingerprint density at radius 3 is 2.46 bits per heavy atom. The molecule has 0 spiro atoms. The Morgan fingerprint density at radius 1 is 1.38 bits per heavy atom. The van der Waals surface area contributed by atoms with Crippen molar-refractivity contribution in [3.8, 4) is 0 Å². The smallest absolute Gasteiger partial charge is 0.308 e. The predicted molar refractivity (Wildman–Crippen MR) is 44.1 cm³/mol. The van der Waals surface area contributed by atoms with Crippen LogP contribution in [0.1, 0.15) is 26.2 Å². The SMILES string of the molecule is CCCOC(=O)CC(O)CC(=O)O. The first-order valence-corrected chi connectivity index (χ1v) is 4.11. The molecule has 76 valence electrons. The van der Waals surface area contributed by atoms with E-state index in [1.807, 2.05) is 6.92 Å². The number of hydrogen-bond acceptors (Lipinski definition) is 4. The summed E-state index contributed by atoms with van der Waals surface area (Å²) in [5.74, 6) is -1.69. The summed E-state index contributed by atoms with van der Waals surface area (Å²) >= 11 is 0. The van der Waals surface area contributed by atoms with E-state index in [1.165, 1.54) is 0 Å². The van der Waals surface area contributed by atoms with Crippen molar-refractivity contribution in [1.82, 2.24) is 0 Å². The van der Waals surface area contributed by atoms with E-state index in [4.69, 9.17) is 10.2 Å². The molecule has 0 saturated carbocycles. The van der Waals surface area contributed by atoms with Crippen LogP contribution in [0.5, 0.6) is 0 Å². The summed E-state index contributed by atoms with van der Waals surface area (Å²) in [5, 5.41) is 17.3. The van der Waals surface area contributed by atoms with Gasteiger partial charge in [-0.15, -0.1) is 0 Å².